The summed E-state index contributed by atoms with van der Waals surface area (Å²) in [5.41, 5.74) is 2.60. The van der Waals surface area contributed by atoms with Crippen LogP contribution in [0.1, 0.15) is 36.5 Å². The summed E-state index contributed by atoms with van der Waals surface area (Å²) < 4.78 is 7.29. The van der Waals surface area contributed by atoms with Gasteiger partial charge in [-0.1, -0.05) is 6.92 Å². The molecule has 0 radical (unpaired) electrons. The third-order valence-electron chi connectivity index (χ3n) is 3.71. The van der Waals surface area contributed by atoms with Crippen molar-refractivity contribution in [2.45, 2.75) is 33.2 Å². The minimum absolute atomic E-state index is 0.274. The monoisotopic (exact) mass is 258 g/mol. The lowest BCUT2D eigenvalue weighted by molar-refractivity contribution is 0.0526. The summed E-state index contributed by atoms with van der Waals surface area (Å²) in [7, 11) is 0. The van der Waals surface area contributed by atoms with Crippen LogP contribution in [0.2, 0.25) is 0 Å². The summed E-state index contributed by atoms with van der Waals surface area (Å²) in [6, 6.07) is 5.64. The molecule has 0 saturated heterocycles. The zero-order valence-corrected chi connectivity index (χ0v) is 11.3. The highest BCUT2D eigenvalue weighted by Gasteiger charge is 2.19. The molecular weight excluding hydrogens is 240 g/mol. The highest BCUT2D eigenvalue weighted by atomic mass is 16.5. The number of benzene rings is 1. The predicted octanol–water partition coefficient (Wildman–Crippen LogP) is 2.80. The van der Waals surface area contributed by atoms with E-state index >= 15 is 0 Å². The Morgan fingerprint density at radius 1 is 1.53 bits per heavy atom. The molecule has 1 aromatic heterocycles. The van der Waals surface area contributed by atoms with Gasteiger partial charge in [-0.25, -0.2) is 9.78 Å². The first kappa shape index (κ1) is 12.2. The molecule has 2 aromatic rings. The molecule has 1 atom stereocenters. The number of hydrogen-bond donors (Lipinski definition) is 0. The fourth-order valence-corrected chi connectivity index (χ4v) is 2.69. The molecule has 3 rings (SSSR count). The fraction of sp³-hybridized carbons (Fsp3) is 0.467. The summed E-state index contributed by atoms with van der Waals surface area (Å²) in [4.78, 5) is 16.4. The molecule has 4 heteroatoms. The number of ether oxygens (including phenoxy) is 1. The molecule has 2 heterocycles. The molecule has 0 bridgehead atoms. The standard InChI is InChI=1S/C15H18N2O2/c1-3-19-15(18)11-4-5-13-12(9-11)16-14-8-10(2)6-7-17(13)14/h4-5,9-10H,3,6-8H2,1-2H3/t10-/m0/s1. The van der Waals surface area contributed by atoms with Crippen molar-refractivity contribution in [3.63, 3.8) is 0 Å². The minimum atomic E-state index is -0.274. The quantitative estimate of drug-likeness (QED) is 0.778. The molecule has 0 N–H and O–H groups in total. The molecule has 0 aliphatic carbocycles. The summed E-state index contributed by atoms with van der Waals surface area (Å²) in [5.74, 6) is 1.55. The van der Waals surface area contributed by atoms with Crippen LogP contribution < -0.4 is 0 Å². The van der Waals surface area contributed by atoms with Crippen LogP contribution in [0.4, 0.5) is 0 Å². The van der Waals surface area contributed by atoms with Crippen molar-refractivity contribution >= 4 is 17.0 Å². The predicted molar refractivity (Wildman–Crippen MR) is 73.2 cm³/mol. The zero-order chi connectivity index (χ0) is 13.4. The molecule has 0 amide bonds. The molecular formula is C15H18N2O2. The number of carbonyl (C=O) groups is 1. The Morgan fingerprint density at radius 3 is 3.16 bits per heavy atom. The van der Waals surface area contributed by atoms with Crippen LogP contribution in [-0.2, 0) is 17.7 Å². The van der Waals surface area contributed by atoms with Crippen LogP contribution in [0.15, 0.2) is 18.2 Å². The largest absolute Gasteiger partial charge is 0.462 e. The normalized spacial score (nSPS) is 18.3. The van der Waals surface area contributed by atoms with Crippen LogP contribution in [0, 0.1) is 5.92 Å². The van der Waals surface area contributed by atoms with Gasteiger partial charge in [0.25, 0.3) is 0 Å². The fourth-order valence-electron chi connectivity index (χ4n) is 2.69. The number of aromatic nitrogens is 2. The van der Waals surface area contributed by atoms with Gasteiger partial charge in [0, 0.05) is 13.0 Å². The van der Waals surface area contributed by atoms with Gasteiger partial charge in [0.05, 0.1) is 23.2 Å². The smallest absolute Gasteiger partial charge is 0.338 e. The Kier molecular flexibility index (Phi) is 3.01. The van der Waals surface area contributed by atoms with E-state index in [0.717, 1.165) is 29.8 Å². The average Bonchev–Trinajstić information content (AvgIpc) is 2.75. The van der Waals surface area contributed by atoms with E-state index in [2.05, 4.69) is 16.5 Å². The molecule has 0 unspecified atom stereocenters. The van der Waals surface area contributed by atoms with E-state index in [-0.39, 0.29) is 5.97 Å². The number of aryl methyl sites for hydroxylation is 1. The van der Waals surface area contributed by atoms with Crippen LogP contribution in [0.25, 0.3) is 11.0 Å². The van der Waals surface area contributed by atoms with Gasteiger partial charge >= 0.3 is 5.97 Å². The number of carbonyl (C=O) groups excluding carboxylic acids is 1. The Morgan fingerprint density at radius 2 is 2.37 bits per heavy atom. The number of esters is 1. The van der Waals surface area contributed by atoms with E-state index in [4.69, 9.17) is 4.74 Å². The summed E-state index contributed by atoms with van der Waals surface area (Å²) in [5, 5.41) is 0. The number of hydrogen-bond acceptors (Lipinski definition) is 3. The lowest BCUT2D eigenvalue weighted by Gasteiger charge is -2.19. The second-order valence-corrected chi connectivity index (χ2v) is 5.20. The molecule has 4 nitrogen and oxygen atoms in total. The average molecular weight is 258 g/mol. The topological polar surface area (TPSA) is 44.1 Å². The van der Waals surface area contributed by atoms with E-state index in [9.17, 15) is 4.79 Å². The van der Waals surface area contributed by atoms with Crippen molar-refractivity contribution in [3.8, 4) is 0 Å². The molecule has 100 valence electrons. The van der Waals surface area contributed by atoms with E-state index in [1.807, 2.05) is 25.1 Å². The molecule has 1 aliphatic heterocycles. The Balaban J connectivity index is 2.03. The van der Waals surface area contributed by atoms with Crippen molar-refractivity contribution in [3.05, 3.63) is 29.6 Å². The first-order valence-corrected chi connectivity index (χ1v) is 6.85. The number of fused-ring (bicyclic) bond motifs is 3. The van der Waals surface area contributed by atoms with E-state index in [1.165, 1.54) is 6.42 Å². The van der Waals surface area contributed by atoms with Crippen molar-refractivity contribution < 1.29 is 9.53 Å². The van der Waals surface area contributed by atoms with E-state index in [1.54, 1.807) is 0 Å². The van der Waals surface area contributed by atoms with Gasteiger partial charge in [-0.2, -0.15) is 0 Å². The maximum absolute atomic E-state index is 11.7. The van der Waals surface area contributed by atoms with Gasteiger partial charge in [0.1, 0.15) is 5.82 Å². The van der Waals surface area contributed by atoms with Crippen molar-refractivity contribution in [1.29, 1.82) is 0 Å². The van der Waals surface area contributed by atoms with Crippen molar-refractivity contribution in [2.75, 3.05) is 6.61 Å². The summed E-state index contributed by atoms with van der Waals surface area (Å²) >= 11 is 0. The number of imidazole rings is 1. The number of nitrogens with zero attached hydrogens (tertiary/aromatic N) is 2. The maximum Gasteiger partial charge on any atom is 0.338 e. The first-order valence-electron chi connectivity index (χ1n) is 6.85. The maximum atomic E-state index is 11.7. The second-order valence-electron chi connectivity index (χ2n) is 5.20. The third kappa shape index (κ3) is 2.11. The molecule has 1 aliphatic rings. The zero-order valence-electron chi connectivity index (χ0n) is 11.3. The highest BCUT2D eigenvalue weighted by molar-refractivity contribution is 5.93. The minimum Gasteiger partial charge on any atom is -0.462 e. The molecule has 0 saturated carbocycles. The van der Waals surface area contributed by atoms with E-state index in [0.29, 0.717) is 18.1 Å². The Hall–Kier alpha value is -1.84. The molecule has 19 heavy (non-hydrogen) atoms. The van der Waals surface area contributed by atoms with Crippen molar-refractivity contribution in [2.24, 2.45) is 5.92 Å². The van der Waals surface area contributed by atoms with Gasteiger partial charge in [-0.3, -0.25) is 0 Å². The Labute approximate surface area is 112 Å². The van der Waals surface area contributed by atoms with Crippen LogP contribution in [-0.4, -0.2) is 22.1 Å². The lowest BCUT2D eigenvalue weighted by Crippen LogP contribution is -2.17. The van der Waals surface area contributed by atoms with Gasteiger partial charge in [-0.15, -0.1) is 0 Å². The molecule has 1 aromatic carbocycles. The van der Waals surface area contributed by atoms with Gasteiger partial charge in [0.15, 0.2) is 0 Å². The second kappa shape index (κ2) is 4.68. The summed E-state index contributed by atoms with van der Waals surface area (Å²) in [6.07, 6.45) is 2.21. The lowest BCUT2D eigenvalue weighted by atomic mass is 10.0. The molecule has 0 fully saturated rings. The first-order chi connectivity index (χ1) is 9.19. The Bertz CT molecular complexity index is 630. The highest BCUT2D eigenvalue weighted by Crippen LogP contribution is 2.25. The van der Waals surface area contributed by atoms with Crippen LogP contribution in [0.3, 0.4) is 0 Å². The van der Waals surface area contributed by atoms with Crippen LogP contribution >= 0.6 is 0 Å². The van der Waals surface area contributed by atoms with E-state index < -0.39 is 0 Å². The van der Waals surface area contributed by atoms with Gasteiger partial charge in [-0.05, 0) is 37.5 Å². The summed E-state index contributed by atoms with van der Waals surface area (Å²) in [6.45, 7) is 5.49. The van der Waals surface area contributed by atoms with Crippen molar-refractivity contribution in [1.82, 2.24) is 9.55 Å². The van der Waals surface area contributed by atoms with Gasteiger partial charge in [0.2, 0.25) is 0 Å². The number of rotatable bonds is 2. The SMILES string of the molecule is CCOC(=O)c1ccc2c(c1)nc1n2CC[C@H](C)C1. The van der Waals surface area contributed by atoms with Gasteiger partial charge < -0.3 is 9.30 Å². The van der Waals surface area contributed by atoms with Crippen LogP contribution in [0.5, 0.6) is 0 Å². The third-order valence-corrected chi connectivity index (χ3v) is 3.71. The molecule has 0 spiro atoms.